The quantitative estimate of drug-likeness (QED) is 0.845. The number of pyridine rings is 1. The number of benzene rings is 1. The Bertz CT molecular complexity index is 827. The van der Waals surface area contributed by atoms with Crippen molar-refractivity contribution < 1.29 is 9.53 Å². The number of ether oxygens (including phenoxy) is 1. The highest BCUT2D eigenvalue weighted by Crippen LogP contribution is 2.24. The van der Waals surface area contributed by atoms with Gasteiger partial charge in [0.1, 0.15) is 11.9 Å². The van der Waals surface area contributed by atoms with E-state index in [1.165, 1.54) is 11.3 Å². The van der Waals surface area contributed by atoms with Gasteiger partial charge < -0.3 is 19.9 Å². The van der Waals surface area contributed by atoms with Crippen LogP contribution in [-0.2, 0) is 16.1 Å². The Morgan fingerprint density at radius 1 is 1.10 bits per heavy atom. The lowest BCUT2D eigenvalue weighted by Gasteiger charge is -2.38. The van der Waals surface area contributed by atoms with E-state index in [4.69, 9.17) is 4.74 Å². The van der Waals surface area contributed by atoms with Crippen LogP contribution in [0.25, 0.3) is 0 Å². The van der Waals surface area contributed by atoms with Crippen molar-refractivity contribution in [2.45, 2.75) is 38.8 Å². The molecule has 6 heteroatoms. The molecule has 4 rings (SSSR count). The van der Waals surface area contributed by atoms with E-state index >= 15 is 0 Å². The SMILES string of the molecule is Cc1ccccc1N1CCN(c2ncccc2CNC(=O)[C@@H]2CCCCO2)CC1. The first-order chi connectivity index (χ1) is 14.2. The van der Waals surface area contributed by atoms with Crippen molar-refractivity contribution in [1.82, 2.24) is 10.3 Å². The summed E-state index contributed by atoms with van der Waals surface area (Å²) in [5, 5.41) is 3.05. The maximum absolute atomic E-state index is 12.4. The summed E-state index contributed by atoms with van der Waals surface area (Å²) in [7, 11) is 0. The van der Waals surface area contributed by atoms with E-state index in [1.807, 2.05) is 12.3 Å². The lowest BCUT2D eigenvalue weighted by Crippen LogP contribution is -2.47. The smallest absolute Gasteiger partial charge is 0.249 e. The zero-order chi connectivity index (χ0) is 20.1. The molecule has 0 unspecified atom stereocenters. The Balaban J connectivity index is 1.37. The zero-order valence-corrected chi connectivity index (χ0v) is 17.1. The van der Waals surface area contributed by atoms with Crippen LogP contribution in [0.1, 0.15) is 30.4 Å². The maximum atomic E-state index is 12.4. The highest BCUT2D eigenvalue weighted by atomic mass is 16.5. The zero-order valence-electron chi connectivity index (χ0n) is 17.1. The van der Waals surface area contributed by atoms with Crippen LogP contribution in [0.5, 0.6) is 0 Å². The summed E-state index contributed by atoms with van der Waals surface area (Å²) in [6.45, 7) is 7.08. The molecule has 1 aromatic carbocycles. The van der Waals surface area contributed by atoms with Gasteiger partial charge in [0, 0.05) is 56.8 Å². The van der Waals surface area contributed by atoms with Crippen LogP contribution >= 0.6 is 0 Å². The molecule has 6 nitrogen and oxygen atoms in total. The fourth-order valence-corrected chi connectivity index (χ4v) is 4.17. The number of anilines is 2. The molecule has 1 aromatic heterocycles. The molecule has 2 saturated heterocycles. The molecule has 1 atom stereocenters. The molecule has 0 saturated carbocycles. The standard InChI is InChI=1S/C23H30N4O2/c1-18-7-2-3-9-20(18)26-12-14-27(15-13-26)22-19(8-6-11-24-22)17-25-23(28)21-10-4-5-16-29-21/h2-3,6-9,11,21H,4-5,10,12-17H2,1H3,(H,25,28)/t21-/m0/s1. The van der Waals surface area contributed by atoms with Crippen LogP contribution in [0, 0.1) is 6.92 Å². The molecule has 29 heavy (non-hydrogen) atoms. The Morgan fingerprint density at radius 2 is 1.90 bits per heavy atom. The molecular formula is C23H30N4O2. The Hall–Kier alpha value is -2.60. The predicted molar refractivity (Wildman–Crippen MR) is 115 cm³/mol. The number of carbonyl (C=O) groups excluding carboxylic acids is 1. The summed E-state index contributed by atoms with van der Waals surface area (Å²) in [6.07, 6.45) is 4.44. The van der Waals surface area contributed by atoms with Crippen molar-refractivity contribution in [3.8, 4) is 0 Å². The third-order valence-electron chi connectivity index (χ3n) is 5.83. The molecule has 0 bridgehead atoms. The van der Waals surface area contributed by atoms with Gasteiger partial charge in [-0.1, -0.05) is 24.3 Å². The molecule has 3 heterocycles. The van der Waals surface area contributed by atoms with Crippen LogP contribution < -0.4 is 15.1 Å². The first-order valence-corrected chi connectivity index (χ1v) is 10.6. The lowest BCUT2D eigenvalue weighted by atomic mass is 10.1. The third kappa shape index (κ3) is 4.70. The number of nitrogens with zero attached hydrogens (tertiary/aromatic N) is 3. The van der Waals surface area contributed by atoms with E-state index in [2.05, 4.69) is 57.4 Å². The second-order valence-electron chi connectivity index (χ2n) is 7.82. The number of carbonyl (C=O) groups is 1. The van der Waals surface area contributed by atoms with Gasteiger partial charge in [0.2, 0.25) is 5.91 Å². The molecule has 2 aromatic rings. The molecule has 1 amide bonds. The second-order valence-corrected chi connectivity index (χ2v) is 7.82. The van der Waals surface area contributed by atoms with Crippen molar-refractivity contribution in [3.63, 3.8) is 0 Å². The van der Waals surface area contributed by atoms with Gasteiger partial charge in [-0.3, -0.25) is 4.79 Å². The molecule has 0 spiro atoms. The van der Waals surface area contributed by atoms with Crippen LogP contribution in [0.2, 0.25) is 0 Å². The molecule has 0 aliphatic carbocycles. The molecule has 2 aliphatic heterocycles. The van der Waals surface area contributed by atoms with Gasteiger partial charge in [-0.15, -0.1) is 0 Å². The summed E-state index contributed by atoms with van der Waals surface area (Å²) in [4.78, 5) is 21.8. The lowest BCUT2D eigenvalue weighted by molar-refractivity contribution is -0.135. The van der Waals surface area contributed by atoms with Crippen molar-refractivity contribution in [1.29, 1.82) is 0 Å². The molecule has 0 radical (unpaired) electrons. The Kier molecular flexibility index (Phi) is 6.30. The van der Waals surface area contributed by atoms with Gasteiger partial charge in [-0.2, -0.15) is 0 Å². The van der Waals surface area contributed by atoms with E-state index in [1.54, 1.807) is 0 Å². The average molecular weight is 395 g/mol. The van der Waals surface area contributed by atoms with Crippen molar-refractivity contribution in [2.75, 3.05) is 42.6 Å². The monoisotopic (exact) mass is 394 g/mol. The molecule has 154 valence electrons. The van der Waals surface area contributed by atoms with Crippen LogP contribution in [0.3, 0.4) is 0 Å². The topological polar surface area (TPSA) is 57.7 Å². The minimum atomic E-state index is -0.304. The number of aryl methyl sites for hydroxylation is 1. The third-order valence-corrected chi connectivity index (χ3v) is 5.83. The van der Waals surface area contributed by atoms with Gasteiger partial charge >= 0.3 is 0 Å². The fraction of sp³-hybridized carbons (Fsp3) is 0.478. The van der Waals surface area contributed by atoms with Gasteiger partial charge in [-0.25, -0.2) is 4.98 Å². The largest absolute Gasteiger partial charge is 0.368 e. The molecule has 2 fully saturated rings. The normalized spacial score (nSPS) is 19.8. The summed E-state index contributed by atoms with van der Waals surface area (Å²) in [5.74, 6) is 0.964. The number of rotatable bonds is 5. The molecule has 2 aliphatic rings. The van der Waals surface area contributed by atoms with E-state index in [9.17, 15) is 4.79 Å². The van der Waals surface area contributed by atoms with Gasteiger partial charge in [-0.05, 0) is 43.9 Å². The van der Waals surface area contributed by atoms with Gasteiger partial charge in [0.15, 0.2) is 0 Å². The Morgan fingerprint density at radius 3 is 2.66 bits per heavy atom. The number of aromatic nitrogens is 1. The number of amides is 1. The van der Waals surface area contributed by atoms with Crippen LogP contribution in [0.15, 0.2) is 42.6 Å². The number of hydrogen-bond acceptors (Lipinski definition) is 5. The number of piperazine rings is 1. The average Bonchev–Trinajstić information content (AvgIpc) is 2.79. The first-order valence-electron chi connectivity index (χ1n) is 10.6. The van der Waals surface area contributed by atoms with E-state index < -0.39 is 0 Å². The van der Waals surface area contributed by atoms with Crippen LogP contribution in [0.4, 0.5) is 11.5 Å². The number of hydrogen-bond donors (Lipinski definition) is 1. The van der Waals surface area contributed by atoms with Gasteiger partial charge in [0.05, 0.1) is 0 Å². The van der Waals surface area contributed by atoms with Crippen LogP contribution in [-0.4, -0.2) is 49.8 Å². The van der Waals surface area contributed by atoms with Crippen molar-refractivity contribution >= 4 is 17.4 Å². The molecular weight excluding hydrogens is 364 g/mol. The minimum absolute atomic E-state index is 0.0103. The number of nitrogens with one attached hydrogen (secondary N) is 1. The van der Waals surface area contributed by atoms with E-state index in [0.717, 1.165) is 56.8 Å². The summed E-state index contributed by atoms with van der Waals surface area (Å²) in [5.41, 5.74) is 3.68. The Labute approximate surface area is 172 Å². The highest BCUT2D eigenvalue weighted by molar-refractivity contribution is 5.81. The summed E-state index contributed by atoms with van der Waals surface area (Å²) < 4.78 is 5.59. The minimum Gasteiger partial charge on any atom is -0.368 e. The fourth-order valence-electron chi connectivity index (χ4n) is 4.17. The van der Waals surface area contributed by atoms with Crippen molar-refractivity contribution in [2.24, 2.45) is 0 Å². The predicted octanol–water partition coefficient (Wildman–Crippen LogP) is 2.90. The maximum Gasteiger partial charge on any atom is 0.249 e. The second kappa shape index (κ2) is 9.27. The first kappa shape index (κ1) is 19.7. The highest BCUT2D eigenvalue weighted by Gasteiger charge is 2.24. The van der Waals surface area contributed by atoms with Gasteiger partial charge in [0.25, 0.3) is 0 Å². The summed E-state index contributed by atoms with van der Waals surface area (Å²) >= 11 is 0. The summed E-state index contributed by atoms with van der Waals surface area (Å²) in [6, 6.07) is 12.5. The van der Waals surface area contributed by atoms with E-state index in [-0.39, 0.29) is 12.0 Å². The molecule has 1 N–H and O–H groups in total. The van der Waals surface area contributed by atoms with Crippen molar-refractivity contribution in [3.05, 3.63) is 53.7 Å². The number of para-hydroxylation sites is 1. The van der Waals surface area contributed by atoms with E-state index in [0.29, 0.717) is 13.2 Å².